The van der Waals surface area contributed by atoms with Crippen LogP contribution >= 0.6 is 22.6 Å². The first-order valence-corrected chi connectivity index (χ1v) is 7.18. The molecule has 0 radical (unpaired) electrons. The number of rotatable bonds is 1. The third-order valence-corrected chi connectivity index (χ3v) is 3.71. The van der Waals surface area contributed by atoms with Crippen molar-refractivity contribution in [2.45, 2.75) is 13.1 Å². The van der Waals surface area contributed by atoms with Crippen molar-refractivity contribution in [3.63, 3.8) is 0 Å². The van der Waals surface area contributed by atoms with Crippen molar-refractivity contribution in [1.29, 1.82) is 0 Å². The van der Waals surface area contributed by atoms with Crippen LogP contribution in [0.1, 0.15) is 11.5 Å². The van der Waals surface area contributed by atoms with Crippen LogP contribution in [0.25, 0.3) is 16.7 Å². The molecule has 0 saturated heterocycles. The Hall–Kier alpha value is -1.91. The molecular weight excluding hydrogens is 412 g/mol. The van der Waals surface area contributed by atoms with Crippen molar-refractivity contribution >= 4 is 33.6 Å². The van der Waals surface area contributed by atoms with Gasteiger partial charge in [-0.2, -0.15) is 18.3 Å². The number of H-pyrrole nitrogens is 1. The van der Waals surface area contributed by atoms with Crippen LogP contribution < -0.4 is 5.56 Å². The van der Waals surface area contributed by atoms with Crippen molar-refractivity contribution in [1.82, 2.24) is 19.7 Å². The average molecular weight is 420 g/mol. The van der Waals surface area contributed by atoms with Crippen molar-refractivity contribution in [2.24, 2.45) is 0 Å². The first kappa shape index (κ1) is 15.0. The van der Waals surface area contributed by atoms with Crippen molar-refractivity contribution in [2.75, 3.05) is 0 Å². The van der Waals surface area contributed by atoms with E-state index in [4.69, 9.17) is 0 Å². The molecule has 0 amide bonds. The summed E-state index contributed by atoms with van der Waals surface area (Å²) < 4.78 is 40.6. The summed E-state index contributed by atoms with van der Waals surface area (Å²) in [5.41, 5.74) is -0.116. The molecule has 0 atom stereocenters. The molecule has 3 rings (SSSR count). The number of benzene rings is 1. The van der Waals surface area contributed by atoms with E-state index in [0.717, 1.165) is 3.57 Å². The van der Waals surface area contributed by atoms with Gasteiger partial charge in [0.1, 0.15) is 5.39 Å². The minimum atomic E-state index is -4.73. The average Bonchev–Trinajstić information content (AvgIpc) is 2.75. The molecule has 0 fully saturated rings. The predicted octanol–water partition coefficient (Wildman–Crippen LogP) is 3.04. The van der Waals surface area contributed by atoms with E-state index in [1.165, 1.54) is 4.68 Å². The summed E-state index contributed by atoms with van der Waals surface area (Å²) >= 11 is 2.08. The number of nitrogens with one attached hydrogen (secondary N) is 1. The summed E-state index contributed by atoms with van der Waals surface area (Å²) in [6, 6.07) is 7.01. The topological polar surface area (TPSA) is 63.6 Å². The molecule has 22 heavy (non-hydrogen) atoms. The highest BCUT2D eigenvalue weighted by Crippen LogP contribution is 2.27. The van der Waals surface area contributed by atoms with E-state index in [9.17, 15) is 18.0 Å². The highest BCUT2D eigenvalue weighted by molar-refractivity contribution is 14.1. The molecule has 0 spiro atoms. The van der Waals surface area contributed by atoms with Gasteiger partial charge in [-0.3, -0.25) is 4.79 Å². The van der Waals surface area contributed by atoms with E-state index < -0.39 is 17.6 Å². The molecule has 0 saturated carbocycles. The van der Waals surface area contributed by atoms with Crippen LogP contribution in [-0.2, 0) is 6.18 Å². The molecule has 2 heterocycles. The monoisotopic (exact) mass is 420 g/mol. The van der Waals surface area contributed by atoms with E-state index in [1.54, 1.807) is 30.1 Å². The van der Waals surface area contributed by atoms with Gasteiger partial charge in [-0.1, -0.05) is 6.07 Å². The second-order valence-electron chi connectivity index (χ2n) is 4.59. The number of hydrogen-bond donors (Lipinski definition) is 1. The first-order chi connectivity index (χ1) is 10.3. The maximum atomic E-state index is 12.8. The van der Waals surface area contributed by atoms with Gasteiger partial charge in [-0.05, 0) is 47.7 Å². The Morgan fingerprint density at radius 2 is 2.05 bits per heavy atom. The van der Waals surface area contributed by atoms with Crippen molar-refractivity contribution in [3.8, 4) is 5.69 Å². The van der Waals surface area contributed by atoms with Crippen LogP contribution in [0.15, 0.2) is 29.1 Å². The maximum Gasteiger partial charge on any atom is 0.449 e. The standard InChI is InChI=1S/C13H8F3IN4O/c1-6-9-10(18-12(13(14,15)16)19-11(9)22)21(20-6)8-4-2-3-7(17)5-8/h2-5H,1H3,(H,18,19,22). The SMILES string of the molecule is Cc1nn(-c2cccc(I)c2)c2nc(C(F)(F)F)[nH]c(=O)c12. The van der Waals surface area contributed by atoms with Gasteiger partial charge in [0.2, 0.25) is 5.82 Å². The number of aromatic nitrogens is 4. The van der Waals surface area contributed by atoms with Gasteiger partial charge < -0.3 is 4.98 Å². The molecule has 1 N–H and O–H groups in total. The third-order valence-electron chi connectivity index (χ3n) is 3.03. The zero-order chi connectivity index (χ0) is 16.1. The Morgan fingerprint density at radius 1 is 1.32 bits per heavy atom. The van der Waals surface area contributed by atoms with Crippen LogP contribution in [0, 0.1) is 10.5 Å². The summed E-state index contributed by atoms with van der Waals surface area (Å²) in [5.74, 6) is -1.34. The number of nitrogens with zero attached hydrogens (tertiary/aromatic N) is 3. The quantitative estimate of drug-likeness (QED) is 0.616. The van der Waals surface area contributed by atoms with Crippen LogP contribution in [0.2, 0.25) is 0 Å². The maximum absolute atomic E-state index is 12.8. The minimum absolute atomic E-state index is 0.0480. The summed E-state index contributed by atoms with van der Waals surface area (Å²) in [7, 11) is 0. The predicted molar refractivity (Wildman–Crippen MR) is 81.9 cm³/mol. The molecule has 5 nitrogen and oxygen atoms in total. The summed E-state index contributed by atoms with van der Waals surface area (Å²) in [5, 5.41) is 4.20. The summed E-state index contributed by atoms with van der Waals surface area (Å²) in [6.07, 6.45) is -4.73. The smallest absolute Gasteiger partial charge is 0.302 e. The van der Waals surface area contributed by atoms with Gasteiger partial charge >= 0.3 is 6.18 Å². The number of aryl methyl sites for hydroxylation is 1. The Kier molecular flexibility index (Phi) is 3.46. The molecule has 9 heteroatoms. The van der Waals surface area contributed by atoms with Gasteiger partial charge in [-0.15, -0.1) is 0 Å². The first-order valence-electron chi connectivity index (χ1n) is 6.10. The fraction of sp³-hybridized carbons (Fsp3) is 0.154. The molecule has 3 aromatic rings. The van der Waals surface area contributed by atoms with Gasteiger partial charge in [0, 0.05) is 3.57 Å². The fourth-order valence-electron chi connectivity index (χ4n) is 2.11. The van der Waals surface area contributed by atoms with Crippen molar-refractivity contribution in [3.05, 3.63) is 49.7 Å². The highest BCUT2D eigenvalue weighted by atomic mass is 127. The molecule has 0 aliphatic rings. The second kappa shape index (κ2) is 5.07. The lowest BCUT2D eigenvalue weighted by Crippen LogP contribution is -2.19. The second-order valence-corrected chi connectivity index (χ2v) is 5.83. The van der Waals surface area contributed by atoms with E-state index in [0.29, 0.717) is 11.4 Å². The Morgan fingerprint density at radius 3 is 2.68 bits per heavy atom. The molecular formula is C13H8F3IN4O. The largest absolute Gasteiger partial charge is 0.449 e. The van der Waals surface area contributed by atoms with Crippen LogP contribution in [0.3, 0.4) is 0 Å². The lowest BCUT2D eigenvalue weighted by molar-refractivity contribution is -0.144. The van der Waals surface area contributed by atoms with Gasteiger partial charge in [0.15, 0.2) is 5.65 Å². The Bertz CT molecular complexity index is 929. The van der Waals surface area contributed by atoms with E-state index in [-0.39, 0.29) is 11.0 Å². The normalized spacial score (nSPS) is 12.0. The lowest BCUT2D eigenvalue weighted by Gasteiger charge is -2.07. The van der Waals surface area contributed by atoms with E-state index in [2.05, 4.69) is 32.7 Å². The highest BCUT2D eigenvalue weighted by Gasteiger charge is 2.35. The number of alkyl halides is 3. The lowest BCUT2D eigenvalue weighted by atomic mass is 10.3. The molecule has 1 aromatic carbocycles. The van der Waals surface area contributed by atoms with Crippen LogP contribution in [0.4, 0.5) is 13.2 Å². The van der Waals surface area contributed by atoms with Crippen LogP contribution in [-0.4, -0.2) is 19.7 Å². The minimum Gasteiger partial charge on any atom is -0.302 e. The summed E-state index contributed by atoms with van der Waals surface area (Å²) in [4.78, 5) is 17.2. The van der Waals surface area contributed by atoms with E-state index in [1.807, 2.05) is 6.07 Å². The Labute approximate surface area is 135 Å². The number of fused-ring (bicyclic) bond motifs is 1. The molecule has 2 aromatic heterocycles. The van der Waals surface area contributed by atoms with Gasteiger partial charge in [0.25, 0.3) is 5.56 Å². The number of aromatic amines is 1. The molecule has 0 bridgehead atoms. The molecule has 114 valence electrons. The zero-order valence-corrected chi connectivity index (χ0v) is 13.2. The van der Waals surface area contributed by atoms with Crippen LogP contribution in [0.5, 0.6) is 0 Å². The fourth-order valence-corrected chi connectivity index (χ4v) is 2.64. The zero-order valence-electron chi connectivity index (χ0n) is 11.1. The summed E-state index contributed by atoms with van der Waals surface area (Å²) in [6.45, 7) is 1.55. The number of halogens is 4. The third kappa shape index (κ3) is 2.49. The number of hydrogen-bond acceptors (Lipinski definition) is 3. The van der Waals surface area contributed by atoms with Gasteiger partial charge in [-0.25, -0.2) is 9.67 Å². The van der Waals surface area contributed by atoms with Crippen molar-refractivity contribution < 1.29 is 13.2 Å². The van der Waals surface area contributed by atoms with Gasteiger partial charge in [0.05, 0.1) is 11.4 Å². The molecule has 0 aliphatic heterocycles. The Balaban J connectivity index is 2.37. The molecule has 0 aliphatic carbocycles. The van der Waals surface area contributed by atoms with E-state index >= 15 is 0 Å². The molecule has 0 unspecified atom stereocenters.